The zero-order valence-corrected chi connectivity index (χ0v) is 14.8. The molecule has 4 rings (SSSR count). The molecule has 7 heteroatoms. The second-order valence-corrected chi connectivity index (χ2v) is 8.12. The van der Waals surface area contributed by atoms with Crippen molar-refractivity contribution in [1.82, 2.24) is 9.55 Å². The molecule has 0 aliphatic carbocycles. The topological polar surface area (TPSA) is 72.2 Å². The van der Waals surface area contributed by atoms with E-state index in [0.717, 1.165) is 28.2 Å². The minimum atomic E-state index is -1.01. The quantitative estimate of drug-likeness (QED) is 0.757. The summed E-state index contributed by atoms with van der Waals surface area (Å²) in [5.41, 5.74) is 1.40. The Hall–Kier alpha value is -2.25. The maximum absolute atomic E-state index is 12.8. The standard InChI is InChI=1S/C17H14N2O3S2/c1-8-3-4-11(23-8)7-10-5-6-19-14(10)18-15-12(16(19)20)9(2)13(24-15)17(21)22/h3-4,7H,5-6H2,1-2H3,(H,21,22)/b10-7+. The Balaban J connectivity index is 1.93. The Morgan fingerprint density at radius 1 is 1.33 bits per heavy atom. The number of carboxylic acids is 1. The molecule has 122 valence electrons. The zero-order chi connectivity index (χ0) is 17.0. The second kappa shape index (κ2) is 5.39. The van der Waals surface area contributed by atoms with Crippen LogP contribution in [0.4, 0.5) is 0 Å². The number of carboxylic acid groups (broad SMARTS) is 1. The smallest absolute Gasteiger partial charge is 0.346 e. The number of allylic oxidation sites excluding steroid dienone is 1. The van der Waals surface area contributed by atoms with Gasteiger partial charge in [0.1, 0.15) is 15.5 Å². The molecule has 24 heavy (non-hydrogen) atoms. The lowest BCUT2D eigenvalue weighted by Gasteiger charge is -2.03. The molecule has 3 aromatic rings. The molecular weight excluding hydrogens is 344 g/mol. The molecule has 0 aromatic carbocycles. The maximum Gasteiger partial charge on any atom is 0.346 e. The molecule has 0 atom stereocenters. The molecule has 0 fully saturated rings. The predicted octanol–water partition coefficient (Wildman–Crippen LogP) is 3.78. The Morgan fingerprint density at radius 3 is 2.79 bits per heavy atom. The monoisotopic (exact) mass is 358 g/mol. The van der Waals surface area contributed by atoms with Crippen molar-refractivity contribution < 1.29 is 9.90 Å². The Kier molecular flexibility index (Phi) is 3.43. The first-order valence-electron chi connectivity index (χ1n) is 7.50. The third-order valence-corrected chi connectivity index (χ3v) is 6.34. The van der Waals surface area contributed by atoms with Gasteiger partial charge in [-0.15, -0.1) is 22.7 Å². The highest BCUT2D eigenvalue weighted by Crippen LogP contribution is 2.33. The minimum Gasteiger partial charge on any atom is -0.477 e. The van der Waals surface area contributed by atoms with E-state index in [1.54, 1.807) is 22.8 Å². The number of aromatic carboxylic acids is 1. The van der Waals surface area contributed by atoms with Gasteiger partial charge in [0.2, 0.25) is 0 Å². The van der Waals surface area contributed by atoms with Crippen LogP contribution >= 0.6 is 22.7 Å². The van der Waals surface area contributed by atoms with E-state index in [-0.39, 0.29) is 10.4 Å². The van der Waals surface area contributed by atoms with E-state index in [1.165, 1.54) is 4.88 Å². The van der Waals surface area contributed by atoms with Crippen LogP contribution in [0.25, 0.3) is 21.9 Å². The highest BCUT2D eigenvalue weighted by Gasteiger charge is 2.25. The first kappa shape index (κ1) is 15.3. The minimum absolute atomic E-state index is 0.137. The molecule has 5 nitrogen and oxygen atoms in total. The fraction of sp³-hybridized carbons (Fsp3) is 0.235. The van der Waals surface area contributed by atoms with Crippen LogP contribution in [0.5, 0.6) is 0 Å². The molecule has 1 N–H and O–H groups in total. The summed E-state index contributed by atoms with van der Waals surface area (Å²) in [6, 6.07) is 4.13. The molecule has 0 unspecified atom stereocenters. The number of hydrogen-bond acceptors (Lipinski definition) is 5. The van der Waals surface area contributed by atoms with E-state index < -0.39 is 5.97 Å². The van der Waals surface area contributed by atoms with E-state index in [0.29, 0.717) is 28.1 Å². The summed E-state index contributed by atoms with van der Waals surface area (Å²) in [7, 11) is 0. The van der Waals surface area contributed by atoms with Crippen molar-refractivity contribution in [3.05, 3.63) is 48.5 Å². The number of fused-ring (bicyclic) bond motifs is 2. The predicted molar refractivity (Wildman–Crippen MR) is 97.1 cm³/mol. The van der Waals surface area contributed by atoms with E-state index in [2.05, 4.69) is 30.1 Å². The fourth-order valence-electron chi connectivity index (χ4n) is 3.06. The summed E-state index contributed by atoms with van der Waals surface area (Å²) in [5.74, 6) is -0.346. The second-order valence-electron chi connectivity index (χ2n) is 5.80. The third-order valence-electron chi connectivity index (χ3n) is 4.21. The largest absolute Gasteiger partial charge is 0.477 e. The first-order valence-corrected chi connectivity index (χ1v) is 9.13. The van der Waals surface area contributed by atoms with E-state index in [9.17, 15) is 14.7 Å². The van der Waals surface area contributed by atoms with Gasteiger partial charge >= 0.3 is 5.97 Å². The maximum atomic E-state index is 12.8. The number of aromatic nitrogens is 2. The van der Waals surface area contributed by atoms with Crippen LogP contribution in [0.2, 0.25) is 0 Å². The molecule has 1 aliphatic heterocycles. The van der Waals surface area contributed by atoms with Crippen LogP contribution in [-0.4, -0.2) is 20.6 Å². The molecule has 0 bridgehead atoms. The van der Waals surface area contributed by atoms with Crippen molar-refractivity contribution in [3.63, 3.8) is 0 Å². The van der Waals surface area contributed by atoms with Gasteiger partial charge in [-0.05, 0) is 49.6 Å². The van der Waals surface area contributed by atoms with Gasteiger partial charge in [-0.2, -0.15) is 0 Å². The number of carbonyl (C=O) groups is 1. The summed E-state index contributed by atoms with van der Waals surface area (Å²) in [4.78, 5) is 31.8. The van der Waals surface area contributed by atoms with Gasteiger partial charge in [-0.3, -0.25) is 9.36 Å². The number of rotatable bonds is 2. The molecule has 0 spiro atoms. The Bertz CT molecular complexity index is 1090. The van der Waals surface area contributed by atoms with Gasteiger partial charge in [-0.1, -0.05) is 0 Å². The van der Waals surface area contributed by atoms with Crippen LogP contribution in [-0.2, 0) is 6.54 Å². The van der Waals surface area contributed by atoms with E-state index in [4.69, 9.17) is 0 Å². The molecule has 3 aromatic heterocycles. The summed E-state index contributed by atoms with van der Waals surface area (Å²) < 4.78 is 1.67. The third kappa shape index (κ3) is 2.23. The van der Waals surface area contributed by atoms with Crippen LogP contribution in [0.3, 0.4) is 0 Å². The zero-order valence-electron chi connectivity index (χ0n) is 13.1. The van der Waals surface area contributed by atoms with Gasteiger partial charge in [0, 0.05) is 16.3 Å². The first-order chi connectivity index (χ1) is 11.5. The average Bonchev–Trinajstić information content (AvgIpc) is 3.19. The lowest BCUT2D eigenvalue weighted by Crippen LogP contribution is -2.20. The summed E-state index contributed by atoms with van der Waals surface area (Å²) in [6.07, 6.45) is 2.84. The highest BCUT2D eigenvalue weighted by atomic mass is 32.1. The van der Waals surface area contributed by atoms with Crippen molar-refractivity contribution in [3.8, 4) is 0 Å². The molecular formula is C17H14N2O3S2. The molecule has 0 radical (unpaired) electrons. The lowest BCUT2D eigenvalue weighted by atomic mass is 10.2. The van der Waals surface area contributed by atoms with Crippen LogP contribution in [0.1, 0.15) is 37.2 Å². The van der Waals surface area contributed by atoms with E-state index in [1.807, 2.05) is 0 Å². The van der Waals surface area contributed by atoms with Gasteiger partial charge in [0.25, 0.3) is 5.56 Å². The highest BCUT2D eigenvalue weighted by molar-refractivity contribution is 7.20. The number of thiophene rings is 2. The number of hydrogen-bond donors (Lipinski definition) is 1. The van der Waals surface area contributed by atoms with Crippen molar-refractivity contribution in [2.45, 2.75) is 26.8 Å². The van der Waals surface area contributed by atoms with Crippen LogP contribution in [0.15, 0.2) is 16.9 Å². The normalized spacial score (nSPS) is 15.3. The molecule has 0 saturated carbocycles. The number of nitrogens with zero attached hydrogens (tertiary/aromatic N) is 2. The van der Waals surface area contributed by atoms with Crippen molar-refractivity contribution in [2.24, 2.45) is 0 Å². The van der Waals surface area contributed by atoms with Crippen molar-refractivity contribution in [2.75, 3.05) is 0 Å². The SMILES string of the molecule is Cc1ccc(/C=C2\CCn3c2nc2sc(C(=O)O)c(C)c2c3=O)s1. The van der Waals surface area contributed by atoms with E-state index >= 15 is 0 Å². The van der Waals surface area contributed by atoms with Gasteiger partial charge in [0.15, 0.2) is 0 Å². The summed E-state index contributed by atoms with van der Waals surface area (Å²) >= 11 is 2.78. The average molecular weight is 358 g/mol. The van der Waals surface area contributed by atoms with Crippen LogP contribution < -0.4 is 5.56 Å². The van der Waals surface area contributed by atoms with Gasteiger partial charge in [-0.25, -0.2) is 9.78 Å². The Morgan fingerprint density at radius 2 is 2.12 bits per heavy atom. The van der Waals surface area contributed by atoms with Gasteiger partial charge < -0.3 is 5.11 Å². The van der Waals surface area contributed by atoms with Crippen molar-refractivity contribution >= 4 is 50.5 Å². The summed E-state index contributed by atoms with van der Waals surface area (Å²) in [5, 5.41) is 9.72. The molecule has 0 saturated heterocycles. The Labute approximate surface area is 145 Å². The van der Waals surface area contributed by atoms with Crippen LogP contribution in [0, 0.1) is 13.8 Å². The lowest BCUT2D eigenvalue weighted by molar-refractivity contribution is 0.0701. The fourth-order valence-corrected chi connectivity index (χ4v) is 4.91. The summed E-state index contributed by atoms with van der Waals surface area (Å²) in [6.45, 7) is 4.33. The number of aryl methyl sites for hydroxylation is 2. The van der Waals surface area contributed by atoms with Crippen molar-refractivity contribution in [1.29, 1.82) is 0 Å². The molecule has 0 amide bonds. The molecule has 1 aliphatic rings. The molecule has 4 heterocycles. The van der Waals surface area contributed by atoms with Gasteiger partial charge in [0.05, 0.1) is 5.39 Å².